The lowest BCUT2D eigenvalue weighted by molar-refractivity contribution is -0.128. The van der Waals surface area contributed by atoms with E-state index >= 15 is 4.39 Å². The predicted octanol–water partition coefficient (Wildman–Crippen LogP) is 7.29. The van der Waals surface area contributed by atoms with E-state index in [1.54, 1.807) is 24.3 Å². The highest BCUT2D eigenvalue weighted by Crippen LogP contribution is 2.64. The fourth-order valence-electron chi connectivity index (χ4n) is 8.15. The maximum absolute atomic E-state index is 16.3. The number of halogens is 3. The molecular weight excluding hydrogens is 614 g/mol. The maximum Gasteiger partial charge on any atom is 0.250 e. The van der Waals surface area contributed by atoms with E-state index in [1.807, 2.05) is 24.3 Å². The number of likely N-dealkylation sites (tertiary alicyclic amines) is 1. The summed E-state index contributed by atoms with van der Waals surface area (Å²) in [4.78, 5) is 34.9. The van der Waals surface area contributed by atoms with Gasteiger partial charge in [-0.3, -0.25) is 14.5 Å². The standard InChI is InChI=1S/C34H31Cl2FN4O3.CH4/c35-20-9-10-22-24(16-20)39-33(44)34(22)30(21-3-1-4-23(36)31(21)37)29-27(41(34)17-18-6-7-18)12-13-40-26-11-8-19(28(43)5-2-14-42)15-25(26)38-32(29)40;/h1,3-4,8-11,15-16,18,27,29-30,42H,2,5-7,12-14,17H2,(H,39,44);1H4/t27-,29+,30-,34+;/m0./s1. The van der Waals surface area contributed by atoms with Gasteiger partial charge < -0.3 is 15.0 Å². The van der Waals surface area contributed by atoms with Crippen LogP contribution in [0.25, 0.3) is 11.0 Å². The van der Waals surface area contributed by atoms with Crippen molar-refractivity contribution < 1.29 is 19.1 Å². The van der Waals surface area contributed by atoms with Crippen LogP contribution in [0.2, 0.25) is 10.0 Å². The number of ketones is 1. The molecule has 1 saturated heterocycles. The molecule has 1 amide bonds. The number of benzene rings is 3. The Morgan fingerprint density at radius 2 is 1.93 bits per heavy atom. The number of fused-ring (bicyclic) bond motifs is 7. The van der Waals surface area contributed by atoms with Crippen molar-refractivity contribution in [3.05, 3.63) is 93.0 Å². The summed E-state index contributed by atoms with van der Waals surface area (Å²) >= 11 is 12.8. The molecule has 0 radical (unpaired) electrons. The van der Waals surface area contributed by atoms with E-state index in [4.69, 9.17) is 28.2 Å². The Kier molecular flexibility index (Phi) is 7.55. The van der Waals surface area contributed by atoms with Gasteiger partial charge in [0.2, 0.25) is 5.91 Å². The fourth-order valence-corrected chi connectivity index (χ4v) is 8.51. The van der Waals surface area contributed by atoms with Gasteiger partial charge in [0.25, 0.3) is 0 Å². The van der Waals surface area contributed by atoms with Gasteiger partial charge in [-0.1, -0.05) is 48.8 Å². The number of carbonyl (C=O) groups excluding carboxylic acids is 2. The molecule has 2 N–H and O–H groups in total. The second kappa shape index (κ2) is 11.2. The van der Waals surface area contributed by atoms with Crippen molar-refractivity contribution in [2.45, 2.75) is 69.5 Å². The number of aryl methyl sites for hydroxylation is 1. The van der Waals surface area contributed by atoms with Crippen molar-refractivity contribution in [1.29, 1.82) is 0 Å². The average Bonchev–Trinajstić information content (AvgIpc) is 3.60. The summed E-state index contributed by atoms with van der Waals surface area (Å²) in [6.45, 7) is 1.36. The molecule has 2 fully saturated rings. The Balaban J connectivity index is 0.00000325. The molecular formula is C35H35Cl2FN4O3. The zero-order valence-corrected chi connectivity index (χ0v) is 25.4. The van der Waals surface area contributed by atoms with Gasteiger partial charge in [0.15, 0.2) is 5.78 Å². The molecule has 234 valence electrons. The molecule has 1 aromatic heterocycles. The van der Waals surface area contributed by atoms with Gasteiger partial charge in [0, 0.05) is 65.8 Å². The topological polar surface area (TPSA) is 87.5 Å². The molecule has 0 bridgehead atoms. The first kappa shape index (κ1) is 30.4. The Bertz CT molecular complexity index is 1860. The van der Waals surface area contributed by atoms with Gasteiger partial charge in [-0.2, -0.15) is 0 Å². The molecule has 3 aromatic carbocycles. The van der Waals surface area contributed by atoms with Crippen LogP contribution in [0, 0.1) is 11.7 Å². The van der Waals surface area contributed by atoms with Crippen molar-refractivity contribution >= 4 is 51.6 Å². The van der Waals surface area contributed by atoms with Crippen LogP contribution in [-0.4, -0.2) is 50.4 Å². The molecule has 7 nitrogen and oxygen atoms in total. The minimum absolute atomic E-state index is 0. The molecule has 0 unspecified atom stereocenters. The molecule has 8 rings (SSSR count). The molecule has 1 saturated carbocycles. The van der Waals surface area contributed by atoms with E-state index in [2.05, 4.69) is 14.8 Å². The number of Topliss-reactive ketones (excluding diaryl/α,β-unsaturated/α-hetero) is 1. The van der Waals surface area contributed by atoms with Crippen LogP contribution in [-0.2, 0) is 16.9 Å². The summed E-state index contributed by atoms with van der Waals surface area (Å²) in [6, 6.07) is 16.0. The molecule has 4 heterocycles. The van der Waals surface area contributed by atoms with Gasteiger partial charge in [-0.25, -0.2) is 9.37 Å². The molecule has 3 aliphatic heterocycles. The van der Waals surface area contributed by atoms with Crippen LogP contribution in [0.3, 0.4) is 0 Å². The lowest BCUT2D eigenvalue weighted by Crippen LogP contribution is -2.53. The van der Waals surface area contributed by atoms with E-state index in [-0.39, 0.29) is 49.1 Å². The monoisotopic (exact) mass is 648 g/mol. The highest BCUT2D eigenvalue weighted by molar-refractivity contribution is 6.31. The van der Waals surface area contributed by atoms with E-state index in [9.17, 15) is 14.7 Å². The number of nitrogens with one attached hydrogen (secondary N) is 1. The Morgan fingerprint density at radius 3 is 2.71 bits per heavy atom. The zero-order valence-electron chi connectivity index (χ0n) is 23.9. The second-order valence-electron chi connectivity index (χ2n) is 12.6. The third-order valence-electron chi connectivity index (χ3n) is 10.1. The Morgan fingerprint density at radius 1 is 1.11 bits per heavy atom. The van der Waals surface area contributed by atoms with Crippen molar-refractivity contribution in [2.75, 3.05) is 18.5 Å². The summed E-state index contributed by atoms with van der Waals surface area (Å²) in [5, 5.41) is 12.9. The van der Waals surface area contributed by atoms with Crippen molar-refractivity contribution in [3.8, 4) is 0 Å². The molecule has 1 aliphatic carbocycles. The van der Waals surface area contributed by atoms with E-state index in [0.29, 0.717) is 46.2 Å². The number of amides is 1. The minimum atomic E-state index is -1.19. The van der Waals surface area contributed by atoms with Crippen LogP contribution in [0.1, 0.15) is 78.7 Å². The first-order valence-corrected chi connectivity index (χ1v) is 16.0. The summed E-state index contributed by atoms with van der Waals surface area (Å²) < 4.78 is 18.4. The second-order valence-corrected chi connectivity index (χ2v) is 13.4. The van der Waals surface area contributed by atoms with E-state index in [0.717, 1.165) is 42.7 Å². The fraction of sp³-hybridized carbons (Fsp3) is 0.400. The summed E-state index contributed by atoms with van der Waals surface area (Å²) in [7, 11) is 0. The van der Waals surface area contributed by atoms with Crippen molar-refractivity contribution in [3.63, 3.8) is 0 Å². The normalized spacial score (nSPS) is 25.2. The number of hydrogen-bond donors (Lipinski definition) is 2. The number of imidazole rings is 1. The van der Waals surface area contributed by atoms with Crippen LogP contribution in [0.5, 0.6) is 0 Å². The Hall–Kier alpha value is -3.30. The predicted molar refractivity (Wildman–Crippen MR) is 174 cm³/mol. The van der Waals surface area contributed by atoms with Gasteiger partial charge in [-0.05, 0) is 73.6 Å². The third-order valence-corrected chi connectivity index (χ3v) is 10.7. The number of aromatic nitrogens is 2. The number of nitrogens with zero attached hydrogens (tertiary/aromatic N) is 3. The zero-order chi connectivity index (χ0) is 30.3. The minimum Gasteiger partial charge on any atom is -0.396 e. The smallest absolute Gasteiger partial charge is 0.250 e. The number of anilines is 1. The summed E-state index contributed by atoms with van der Waals surface area (Å²) in [6.07, 6.45) is 3.61. The molecule has 10 heteroatoms. The number of rotatable bonds is 7. The lowest BCUT2D eigenvalue weighted by Gasteiger charge is -2.40. The summed E-state index contributed by atoms with van der Waals surface area (Å²) in [5.74, 6) is -0.463. The summed E-state index contributed by atoms with van der Waals surface area (Å²) in [5.41, 5.74) is 2.79. The van der Waals surface area contributed by atoms with Gasteiger partial charge in [0.1, 0.15) is 17.2 Å². The SMILES string of the molecule is C.O=C(CCCO)c1ccc2c(c1)nc1n2CC[C@H]2[C@@H]1[C@H](c1cccc(Cl)c1F)[C@]1(C(=O)Nc3cc(Cl)ccc31)N2CC1CC1. The molecule has 4 aromatic rings. The quantitative estimate of drug-likeness (QED) is 0.206. The molecule has 1 spiro atoms. The van der Waals surface area contributed by atoms with Gasteiger partial charge in [-0.15, -0.1) is 0 Å². The van der Waals surface area contributed by atoms with Crippen molar-refractivity contribution in [1.82, 2.24) is 14.5 Å². The van der Waals surface area contributed by atoms with Gasteiger partial charge >= 0.3 is 0 Å². The largest absolute Gasteiger partial charge is 0.396 e. The first-order valence-electron chi connectivity index (χ1n) is 15.3. The maximum atomic E-state index is 16.3. The van der Waals surface area contributed by atoms with E-state index in [1.165, 1.54) is 6.07 Å². The van der Waals surface area contributed by atoms with Crippen LogP contribution in [0.4, 0.5) is 10.1 Å². The Labute approximate surface area is 271 Å². The number of carbonyl (C=O) groups is 2. The van der Waals surface area contributed by atoms with Crippen LogP contribution in [0.15, 0.2) is 54.6 Å². The molecule has 4 aliphatic rings. The molecule has 45 heavy (non-hydrogen) atoms. The number of hydrogen-bond acceptors (Lipinski definition) is 5. The number of aliphatic hydroxyl groups is 1. The van der Waals surface area contributed by atoms with E-state index < -0.39 is 17.3 Å². The highest BCUT2D eigenvalue weighted by atomic mass is 35.5. The third kappa shape index (κ3) is 4.48. The van der Waals surface area contributed by atoms with Crippen LogP contribution >= 0.6 is 23.2 Å². The first-order chi connectivity index (χ1) is 21.3. The molecule has 4 atom stereocenters. The highest BCUT2D eigenvalue weighted by Gasteiger charge is 2.69. The average molecular weight is 650 g/mol. The van der Waals surface area contributed by atoms with Crippen LogP contribution < -0.4 is 5.32 Å². The van der Waals surface area contributed by atoms with Crippen molar-refractivity contribution in [2.24, 2.45) is 5.92 Å². The number of aliphatic hydroxyl groups excluding tert-OH is 1. The van der Waals surface area contributed by atoms with Gasteiger partial charge in [0.05, 0.1) is 16.1 Å². The lowest BCUT2D eigenvalue weighted by atomic mass is 9.70.